The molecule has 0 atom stereocenters. The van der Waals surface area contributed by atoms with Gasteiger partial charge in [-0.2, -0.15) is 0 Å². The van der Waals surface area contributed by atoms with Crippen LogP contribution in [0.2, 0.25) is 5.02 Å². The summed E-state index contributed by atoms with van der Waals surface area (Å²) in [5.74, 6) is 0.0540. The largest absolute Gasteiger partial charge is 0.504 e. The number of amides is 1. The second kappa shape index (κ2) is 8.37. The molecule has 0 saturated carbocycles. The van der Waals surface area contributed by atoms with Gasteiger partial charge in [0.1, 0.15) is 0 Å². The van der Waals surface area contributed by atoms with E-state index in [2.05, 4.69) is 26.2 Å². The van der Waals surface area contributed by atoms with Crippen molar-refractivity contribution in [2.75, 3.05) is 6.61 Å². The van der Waals surface area contributed by atoms with E-state index in [9.17, 15) is 9.90 Å². The van der Waals surface area contributed by atoms with E-state index in [4.69, 9.17) is 16.3 Å². The molecule has 0 radical (unpaired) electrons. The van der Waals surface area contributed by atoms with Gasteiger partial charge in [-0.3, -0.25) is 4.79 Å². The van der Waals surface area contributed by atoms with E-state index in [1.165, 1.54) is 11.8 Å². The molecule has 3 rings (SSSR count). The van der Waals surface area contributed by atoms with Gasteiger partial charge in [0.15, 0.2) is 16.7 Å². The summed E-state index contributed by atoms with van der Waals surface area (Å²) in [5, 5.41) is 14.2. The van der Waals surface area contributed by atoms with Crippen LogP contribution in [0.4, 0.5) is 5.69 Å². The number of rotatable bonds is 4. The minimum absolute atomic E-state index is 0.0166. The Morgan fingerprint density at radius 2 is 2.19 bits per heavy atom. The van der Waals surface area contributed by atoms with Crippen LogP contribution in [0, 0.1) is 6.92 Å². The first-order chi connectivity index (χ1) is 12.9. The van der Waals surface area contributed by atoms with Crippen molar-refractivity contribution in [2.24, 2.45) is 4.99 Å². The Balaban J connectivity index is 1.92. The lowest BCUT2D eigenvalue weighted by atomic mass is 10.1. The number of hydrogen-bond donors (Lipinski definition) is 2. The fraction of sp³-hybridized carbons (Fsp3) is 0.158. The maximum absolute atomic E-state index is 12.3. The smallest absolute Gasteiger partial charge is 0.264 e. The minimum Gasteiger partial charge on any atom is -0.504 e. The first kappa shape index (κ1) is 19.8. The molecule has 5 nitrogen and oxygen atoms in total. The number of phenolic OH excluding ortho intramolecular Hbond substituents is 1. The van der Waals surface area contributed by atoms with E-state index < -0.39 is 0 Å². The number of carbonyl (C=O) groups excluding carboxylic acids is 1. The van der Waals surface area contributed by atoms with Gasteiger partial charge in [-0.1, -0.05) is 33.6 Å². The van der Waals surface area contributed by atoms with Crippen molar-refractivity contribution in [3.05, 3.63) is 55.9 Å². The average molecular weight is 468 g/mol. The van der Waals surface area contributed by atoms with Gasteiger partial charge in [0.2, 0.25) is 0 Å². The topological polar surface area (TPSA) is 70.9 Å². The number of nitrogens with zero attached hydrogens (tertiary/aromatic N) is 1. The summed E-state index contributed by atoms with van der Waals surface area (Å²) in [5.41, 5.74) is 2.01. The predicted molar refractivity (Wildman–Crippen MR) is 114 cm³/mol. The SMILES string of the molecule is CCOc1cc(Br)cc(/C=C2/SC(=Nc3cccc(Cl)c3C)NC2=O)c1O. The zero-order valence-corrected chi connectivity index (χ0v) is 17.7. The number of benzene rings is 2. The summed E-state index contributed by atoms with van der Waals surface area (Å²) in [4.78, 5) is 17.2. The molecule has 1 saturated heterocycles. The lowest BCUT2D eigenvalue weighted by Crippen LogP contribution is -2.19. The Labute approximate surface area is 174 Å². The molecule has 2 aromatic carbocycles. The fourth-order valence-electron chi connectivity index (χ4n) is 2.42. The van der Waals surface area contributed by atoms with Crippen LogP contribution in [0.1, 0.15) is 18.1 Å². The van der Waals surface area contributed by atoms with Gasteiger partial charge in [0, 0.05) is 15.1 Å². The van der Waals surface area contributed by atoms with Crippen LogP contribution in [0.3, 0.4) is 0 Å². The maximum Gasteiger partial charge on any atom is 0.264 e. The zero-order chi connectivity index (χ0) is 19.6. The second-order valence-corrected chi connectivity index (χ2v) is 7.99. The summed E-state index contributed by atoms with van der Waals surface area (Å²) < 4.78 is 6.16. The third kappa shape index (κ3) is 4.48. The molecule has 0 unspecified atom stereocenters. The summed E-state index contributed by atoms with van der Waals surface area (Å²) in [7, 11) is 0. The number of phenols is 1. The van der Waals surface area contributed by atoms with E-state index >= 15 is 0 Å². The molecule has 27 heavy (non-hydrogen) atoms. The molecule has 0 spiro atoms. The molecule has 2 aromatic rings. The summed E-state index contributed by atoms with van der Waals surface area (Å²) >= 11 is 10.7. The zero-order valence-electron chi connectivity index (χ0n) is 14.5. The number of ether oxygens (including phenoxy) is 1. The Kier molecular flexibility index (Phi) is 6.14. The molecule has 1 heterocycles. The van der Waals surface area contributed by atoms with Crippen LogP contribution in [0.25, 0.3) is 6.08 Å². The quantitative estimate of drug-likeness (QED) is 0.590. The lowest BCUT2D eigenvalue weighted by molar-refractivity contribution is -0.115. The van der Waals surface area contributed by atoms with E-state index in [0.29, 0.717) is 38.7 Å². The molecular weight excluding hydrogens is 452 g/mol. The third-order valence-corrected chi connectivity index (χ3v) is 5.54. The van der Waals surface area contributed by atoms with Crippen LogP contribution in [-0.4, -0.2) is 22.8 Å². The van der Waals surface area contributed by atoms with Crippen molar-refractivity contribution in [2.45, 2.75) is 13.8 Å². The highest BCUT2D eigenvalue weighted by Crippen LogP contribution is 2.37. The first-order valence-corrected chi connectivity index (χ1v) is 10.1. The van der Waals surface area contributed by atoms with Crippen LogP contribution in [-0.2, 0) is 4.79 Å². The van der Waals surface area contributed by atoms with Gasteiger partial charge in [0.05, 0.1) is 17.2 Å². The number of nitrogens with one attached hydrogen (secondary N) is 1. The Bertz CT molecular complexity index is 976. The van der Waals surface area contributed by atoms with Crippen molar-refractivity contribution in [1.82, 2.24) is 5.32 Å². The molecule has 2 N–H and O–H groups in total. The number of carbonyl (C=O) groups is 1. The third-order valence-electron chi connectivity index (χ3n) is 3.77. The molecule has 1 amide bonds. The number of hydrogen-bond acceptors (Lipinski definition) is 5. The minimum atomic E-state index is -0.282. The van der Waals surface area contributed by atoms with Crippen LogP contribution < -0.4 is 10.1 Å². The molecule has 140 valence electrons. The summed E-state index contributed by atoms with van der Waals surface area (Å²) in [6.07, 6.45) is 1.61. The standard InChI is InChI=1S/C19H16BrClN2O3S/c1-3-26-15-9-12(20)7-11(17(15)24)8-16-18(25)23-19(27-16)22-14-6-4-5-13(21)10(14)2/h4-9,24H,3H2,1-2H3,(H,22,23,25)/b16-8+. The van der Waals surface area contributed by atoms with Crippen molar-refractivity contribution in [1.29, 1.82) is 0 Å². The van der Waals surface area contributed by atoms with Gasteiger partial charge < -0.3 is 15.2 Å². The van der Waals surface area contributed by atoms with Crippen molar-refractivity contribution >= 4 is 62.1 Å². The van der Waals surface area contributed by atoms with Crippen molar-refractivity contribution < 1.29 is 14.6 Å². The molecule has 8 heteroatoms. The second-order valence-electron chi connectivity index (χ2n) is 5.64. The Morgan fingerprint density at radius 1 is 1.41 bits per heavy atom. The molecule has 0 aliphatic carbocycles. The molecule has 1 aliphatic heterocycles. The lowest BCUT2D eigenvalue weighted by Gasteiger charge is -2.09. The van der Waals surface area contributed by atoms with E-state index in [1.807, 2.05) is 26.0 Å². The van der Waals surface area contributed by atoms with E-state index in [1.54, 1.807) is 24.3 Å². The number of aliphatic imine (C=N–C) groups is 1. The molecule has 1 fully saturated rings. The van der Waals surface area contributed by atoms with Gasteiger partial charge in [0.25, 0.3) is 5.91 Å². The average Bonchev–Trinajstić information content (AvgIpc) is 2.95. The summed E-state index contributed by atoms with van der Waals surface area (Å²) in [6.45, 7) is 4.12. The van der Waals surface area contributed by atoms with E-state index in [-0.39, 0.29) is 11.7 Å². The van der Waals surface area contributed by atoms with Gasteiger partial charge in [-0.25, -0.2) is 4.99 Å². The fourth-order valence-corrected chi connectivity index (χ4v) is 3.87. The first-order valence-electron chi connectivity index (χ1n) is 8.09. The molecule has 0 aromatic heterocycles. The molecule has 0 bridgehead atoms. The molecule has 1 aliphatic rings. The maximum atomic E-state index is 12.3. The number of thioether (sulfide) groups is 1. The van der Waals surface area contributed by atoms with Crippen molar-refractivity contribution in [3.8, 4) is 11.5 Å². The highest BCUT2D eigenvalue weighted by molar-refractivity contribution is 9.10. The summed E-state index contributed by atoms with van der Waals surface area (Å²) in [6, 6.07) is 8.82. The number of aromatic hydroxyl groups is 1. The van der Waals surface area contributed by atoms with Gasteiger partial charge in [-0.15, -0.1) is 0 Å². The van der Waals surface area contributed by atoms with Gasteiger partial charge >= 0.3 is 0 Å². The van der Waals surface area contributed by atoms with Crippen LogP contribution in [0.15, 0.2) is 44.7 Å². The van der Waals surface area contributed by atoms with Gasteiger partial charge in [-0.05, 0) is 61.5 Å². The van der Waals surface area contributed by atoms with Crippen molar-refractivity contribution in [3.63, 3.8) is 0 Å². The predicted octanol–water partition coefficient (Wildman–Crippen LogP) is 5.41. The number of amidine groups is 1. The van der Waals surface area contributed by atoms with Crippen LogP contribution in [0.5, 0.6) is 11.5 Å². The Morgan fingerprint density at radius 3 is 2.93 bits per heavy atom. The highest BCUT2D eigenvalue weighted by atomic mass is 79.9. The monoisotopic (exact) mass is 466 g/mol. The molecular formula is C19H16BrClN2O3S. The Hall–Kier alpha value is -1.96. The highest BCUT2D eigenvalue weighted by Gasteiger charge is 2.25. The normalized spacial score (nSPS) is 16.8. The van der Waals surface area contributed by atoms with E-state index in [0.717, 1.165) is 10.0 Å². The van der Waals surface area contributed by atoms with Crippen LogP contribution >= 0.6 is 39.3 Å². The number of halogens is 2.